The van der Waals surface area contributed by atoms with Gasteiger partial charge in [0.25, 0.3) is 0 Å². The molecule has 0 spiro atoms. The van der Waals surface area contributed by atoms with E-state index < -0.39 is 35.6 Å². The van der Waals surface area contributed by atoms with Crippen molar-refractivity contribution in [1.82, 2.24) is 9.80 Å². The first-order valence-electron chi connectivity index (χ1n) is 15.6. The molecule has 1 aliphatic rings. The second-order valence-electron chi connectivity index (χ2n) is 12.3. The van der Waals surface area contributed by atoms with E-state index in [-0.39, 0.29) is 15.7 Å². The highest BCUT2D eigenvalue weighted by atomic mass is 32.2. The zero-order valence-corrected chi connectivity index (χ0v) is 28.4. The molecule has 250 valence electrons. The maximum absolute atomic E-state index is 11.8. The van der Waals surface area contributed by atoms with Gasteiger partial charge in [-0.15, -0.1) is 0 Å². The van der Waals surface area contributed by atoms with E-state index in [2.05, 4.69) is 37.5 Å². The molecule has 1 saturated heterocycles. The second-order valence-corrected chi connectivity index (χ2v) is 15.0. The third kappa shape index (κ3) is 11.0. The van der Waals surface area contributed by atoms with Gasteiger partial charge in [0.1, 0.15) is 20.2 Å². The van der Waals surface area contributed by atoms with Gasteiger partial charge in [-0.1, -0.05) is 90.5 Å². The molecule has 0 radical (unpaired) electrons. The number of hydrogen-bond donors (Lipinski definition) is 0. The fourth-order valence-corrected chi connectivity index (χ4v) is 7.39. The van der Waals surface area contributed by atoms with Gasteiger partial charge in [0.05, 0.1) is 29.5 Å². The van der Waals surface area contributed by atoms with Crippen molar-refractivity contribution in [3.8, 4) is 0 Å². The number of fused-ring (bicyclic) bond motifs is 1. The molecule has 1 fully saturated rings. The van der Waals surface area contributed by atoms with E-state index >= 15 is 0 Å². The largest absolute Gasteiger partial charge is 0.744 e. The van der Waals surface area contributed by atoms with Crippen LogP contribution in [-0.2, 0) is 20.2 Å². The molecule has 2 unspecified atom stereocenters. The van der Waals surface area contributed by atoms with Crippen molar-refractivity contribution in [1.29, 1.82) is 0 Å². The van der Waals surface area contributed by atoms with Crippen LogP contribution in [0.5, 0.6) is 0 Å². The molecule has 3 rings (SSSR count). The normalized spacial score (nSPS) is 19.7. The summed E-state index contributed by atoms with van der Waals surface area (Å²) in [6.07, 6.45) is 9.80. The summed E-state index contributed by atoms with van der Waals surface area (Å²) in [5.74, 6) is 1.32. The van der Waals surface area contributed by atoms with Gasteiger partial charge in [0, 0.05) is 35.7 Å². The van der Waals surface area contributed by atoms with E-state index in [1.54, 1.807) is 0 Å². The summed E-state index contributed by atoms with van der Waals surface area (Å²) < 4.78 is 66.1. The predicted molar refractivity (Wildman–Crippen MR) is 170 cm³/mol. The summed E-state index contributed by atoms with van der Waals surface area (Å²) in [6, 6.07) is 7.09. The molecule has 13 heteroatoms. The lowest BCUT2D eigenvalue weighted by Gasteiger charge is -2.43. The van der Waals surface area contributed by atoms with Crippen LogP contribution in [-0.4, -0.2) is 79.1 Å². The highest BCUT2D eigenvalue weighted by Crippen LogP contribution is 2.28. The molecule has 11 nitrogen and oxygen atoms in total. The van der Waals surface area contributed by atoms with Gasteiger partial charge in [0.2, 0.25) is 5.54 Å². The number of benzene rings is 2. The van der Waals surface area contributed by atoms with E-state index in [1.165, 1.54) is 75.6 Å². The Balaban J connectivity index is 0.000000326. The van der Waals surface area contributed by atoms with Crippen molar-refractivity contribution >= 4 is 31.0 Å². The lowest BCUT2D eigenvalue weighted by atomic mass is 9.93. The molecular formula is C31H49N3O8S2-2. The lowest BCUT2D eigenvalue weighted by Crippen LogP contribution is -2.62. The van der Waals surface area contributed by atoms with E-state index in [1.807, 2.05) is 6.92 Å². The van der Waals surface area contributed by atoms with Gasteiger partial charge in [-0.2, -0.15) is 0 Å². The van der Waals surface area contributed by atoms with Crippen molar-refractivity contribution in [2.45, 2.75) is 101 Å². The summed E-state index contributed by atoms with van der Waals surface area (Å²) >= 11 is 0. The number of rotatable bonds is 15. The first kappa shape index (κ1) is 38.0. The Labute approximate surface area is 263 Å². The molecule has 1 aliphatic heterocycles. The summed E-state index contributed by atoms with van der Waals surface area (Å²) in [4.78, 5) is 15.4. The van der Waals surface area contributed by atoms with Crippen LogP contribution < -0.4 is 0 Å². The van der Waals surface area contributed by atoms with Crippen molar-refractivity contribution in [2.75, 3.05) is 32.8 Å². The molecule has 0 aliphatic carbocycles. The Kier molecular flexibility index (Phi) is 14.6. The van der Waals surface area contributed by atoms with Gasteiger partial charge < -0.3 is 9.11 Å². The fourth-order valence-electron chi connectivity index (χ4n) is 6.01. The maximum Gasteiger partial charge on any atom is 0.244 e. The summed E-state index contributed by atoms with van der Waals surface area (Å²) in [6.45, 7) is 14.9. The number of nitro groups is 1. The predicted octanol–water partition coefficient (Wildman–Crippen LogP) is 5.68. The van der Waals surface area contributed by atoms with Gasteiger partial charge in [-0.3, -0.25) is 19.9 Å². The number of unbranched alkanes of at least 4 members (excludes halogenated alkanes) is 2. The SMILES string of the molecule is CCCCC(CC)CN1CN(CC(CC)CCCC)CC(C)([N+](=O)[O-])C1.O=S(=O)([O-])c1cccc2c(S(=O)(=O)[O-])cccc12. The van der Waals surface area contributed by atoms with E-state index in [4.69, 9.17) is 0 Å². The first-order chi connectivity index (χ1) is 20.6. The molecule has 44 heavy (non-hydrogen) atoms. The average molecular weight is 656 g/mol. The van der Waals surface area contributed by atoms with E-state index in [9.17, 15) is 36.1 Å². The van der Waals surface area contributed by atoms with Gasteiger partial charge >= 0.3 is 0 Å². The van der Waals surface area contributed by atoms with Gasteiger partial charge in [-0.25, -0.2) is 16.8 Å². The zero-order chi connectivity index (χ0) is 33.1. The molecule has 0 saturated carbocycles. The Morgan fingerprint density at radius 1 is 0.773 bits per heavy atom. The summed E-state index contributed by atoms with van der Waals surface area (Å²) in [7, 11) is -9.48. The first-order valence-corrected chi connectivity index (χ1v) is 18.4. The van der Waals surface area contributed by atoms with Crippen molar-refractivity contribution in [3.63, 3.8) is 0 Å². The standard InChI is InChI=1S/C21H43N3O2.C10H8O6S2/c1-6-10-12-19(8-3)14-22-16-21(5,24(25)26)17-23(18-22)15-20(9-4)13-11-7-2;11-17(12,13)9-5-1-3-7-8(9)4-2-6-10(7)18(14,15)16/h19-20H,6-18H2,1-5H3;1-6H,(H,11,12,13)(H,14,15,16)/p-2. The third-order valence-electron chi connectivity index (χ3n) is 8.47. The van der Waals surface area contributed by atoms with Crippen LogP contribution in [0.1, 0.15) is 86.0 Å². The van der Waals surface area contributed by atoms with Gasteiger partial charge in [-0.05, 0) is 36.8 Å². The van der Waals surface area contributed by atoms with Crippen LogP contribution in [0, 0.1) is 22.0 Å². The topological polar surface area (TPSA) is 164 Å². The molecule has 0 aromatic heterocycles. The molecule has 0 bridgehead atoms. The Hall–Kier alpha value is -2.16. The zero-order valence-electron chi connectivity index (χ0n) is 26.7. The van der Waals surface area contributed by atoms with Crippen LogP contribution in [0.25, 0.3) is 10.8 Å². The monoisotopic (exact) mass is 655 g/mol. The van der Waals surface area contributed by atoms with Crippen LogP contribution in [0.15, 0.2) is 46.2 Å². The third-order valence-corrected chi connectivity index (χ3v) is 10.3. The summed E-state index contributed by atoms with van der Waals surface area (Å²) in [5, 5.41) is 11.6. The quantitative estimate of drug-likeness (QED) is 0.132. The Bertz CT molecular complexity index is 1340. The molecule has 0 amide bonds. The van der Waals surface area contributed by atoms with Crippen molar-refractivity contribution in [3.05, 3.63) is 46.5 Å². The number of nitrogens with zero attached hydrogens (tertiary/aromatic N) is 3. The number of hydrogen-bond acceptors (Lipinski definition) is 10. The highest BCUT2D eigenvalue weighted by molar-refractivity contribution is 7.86. The van der Waals surface area contributed by atoms with Crippen LogP contribution in [0.3, 0.4) is 0 Å². The van der Waals surface area contributed by atoms with Crippen LogP contribution in [0.4, 0.5) is 0 Å². The van der Waals surface area contributed by atoms with Crippen molar-refractivity contribution in [2.24, 2.45) is 11.8 Å². The molecular weight excluding hydrogens is 606 g/mol. The Morgan fingerprint density at radius 3 is 1.45 bits per heavy atom. The highest BCUT2D eigenvalue weighted by Gasteiger charge is 2.45. The maximum atomic E-state index is 11.8. The fraction of sp³-hybridized carbons (Fsp3) is 0.677. The smallest absolute Gasteiger partial charge is 0.244 e. The average Bonchev–Trinajstić information content (AvgIpc) is 2.95. The van der Waals surface area contributed by atoms with Crippen LogP contribution in [0.2, 0.25) is 0 Å². The Morgan fingerprint density at radius 2 is 1.16 bits per heavy atom. The minimum Gasteiger partial charge on any atom is -0.744 e. The lowest BCUT2D eigenvalue weighted by molar-refractivity contribution is -0.570. The van der Waals surface area contributed by atoms with E-state index in [0.29, 0.717) is 24.9 Å². The van der Waals surface area contributed by atoms with Gasteiger partial charge in [0.15, 0.2) is 0 Å². The van der Waals surface area contributed by atoms with Crippen molar-refractivity contribution < 1.29 is 30.9 Å². The second kappa shape index (κ2) is 17.0. The van der Waals surface area contributed by atoms with E-state index in [0.717, 1.165) is 31.9 Å². The molecule has 2 atom stereocenters. The minimum atomic E-state index is -4.74. The molecule has 0 N–H and O–H groups in total. The molecule has 1 heterocycles. The minimum absolute atomic E-state index is 0.0356. The summed E-state index contributed by atoms with van der Waals surface area (Å²) in [5.41, 5.74) is -0.843. The van der Waals surface area contributed by atoms with Crippen LogP contribution >= 0.6 is 0 Å². The molecule has 2 aromatic rings. The molecule has 2 aromatic carbocycles.